The number of thioether (sulfide) groups is 1. The monoisotopic (exact) mass is 437 g/mol. The molecule has 1 heterocycles. The van der Waals surface area contributed by atoms with Crippen LogP contribution in [0.4, 0.5) is 5.00 Å². The van der Waals surface area contributed by atoms with Gasteiger partial charge < -0.3 is 10.1 Å². The summed E-state index contributed by atoms with van der Waals surface area (Å²) in [5, 5.41) is 3.24. The summed E-state index contributed by atoms with van der Waals surface area (Å²) in [6.07, 6.45) is 2.85. The molecular weight excluding hydrogens is 414 g/mol. The van der Waals surface area contributed by atoms with Crippen molar-refractivity contribution in [3.8, 4) is 0 Å². The Hall–Kier alpha value is -2.57. The first-order valence-corrected chi connectivity index (χ1v) is 11.8. The Morgan fingerprint density at radius 1 is 1.07 bits per heavy atom. The maximum atomic E-state index is 13.4. The number of hydrogen-bond acceptors (Lipinski definition) is 5. The lowest BCUT2D eigenvalue weighted by Gasteiger charge is -2.17. The Morgan fingerprint density at radius 3 is 2.47 bits per heavy atom. The van der Waals surface area contributed by atoms with Gasteiger partial charge in [0.2, 0.25) is 5.91 Å². The second-order valence-electron chi connectivity index (χ2n) is 6.99. The van der Waals surface area contributed by atoms with Crippen LogP contribution in [0.2, 0.25) is 0 Å². The predicted molar refractivity (Wildman–Crippen MR) is 122 cm³/mol. The van der Waals surface area contributed by atoms with Gasteiger partial charge in [-0.15, -0.1) is 23.1 Å². The number of hydrogen-bond donors (Lipinski definition) is 1. The van der Waals surface area contributed by atoms with E-state index >= 15 is 0 Å². The number of ether oxygens (including phenoxy) is 1. The number of fused-ring (bicyclic) bond motifs is 1. The summed E-state index contributed by atoms with van der Waals surface area (Å²) in [5.41, 5.74) is 2.51. The molecule has 0 fully saturated rings. The highest BCUT2D eigenvalue weighted by atomic mass is 32.2. The van der Waals surface area contributed by atoms with Crippen LogP contribution in [0.25, 0.3) is 0 Å². The van der Waals surface area contributed by atoms with Crippen LogP contribution in [0.3, 0.4) is 0 Å². The van der Waals surface area contributed by atoms with Crippen LogP contribution in [0, 0.1) is 0 Å². The highest BCUT2D eigenvalue weighted by molar-refractivity contribution is 8.00. The maximum absolute atomic E-state index is 13.4. The Bertz CT molecular complexity index is 1030. The van der Waals surface area contributed by atoms with Gasteiger partial charge in [-0.3, -0.25) is 4.79 Å². The Balaban J connectivity index is 1.64. The van der Waals surface area contributed by atoms with Gasteiger partial charge >= 0.3 is 5.97 Å². The lowest BCUT2D eigenvalue weighted by Crippen LogP contribution is -2.20. The smallest absolute Gasteiger partial charge is 0.341 e. The number of aryl methyl sites for hydroxylation is 1. The summed E-state index contributed by atoms with van der Waals surface area (Å²) in [6.45, 7) is 2.11. The number of benzene rings is 2. The molecule has 0 unspecified atom stereocenters. The van der Waals surface area contributed by atoms with Gasteiger partial charge in [0.05, 0.1) is 12.2 Å². The van der Waals surface area contributed by atoms with E-state index in [2.05, 4.69) is 5.32 Å². The van der Waals surface area contributed by atoms with E-state index in [1.165, 1.54) is 28.0 Å². The summed E-state index contributed by atoms with van der Waals surface area (Å²) in [6, 6.07) is 19.6. The molecule has 2 aromatic carbocycles. The van der Waals surface area contributed by atoms with Crippen molar-refractivity contribution >= 4 is 40.0 Å². The SMILES string of the molecule is CCOC(=O)c1c(NC(=O)[C@@H](Sc2ccccc2)c2ccccc2)sc2c1CCC2. The quantitative estimate of drug-likeness (QED) is 0.370. The van der Waals surface area contributed by atoms with Gasteiger partial charge in [0.1, 0.15) is 10.3 Å². The normalized spacial score (nSPS) is 13.5. The highest BCUT2D eigenvalue weighted by Crippen LogP contribution is 2.41. The number of nitrogens with one attached hydrogen (secondary N) is 1. The topological polar surface area (TPSA) is 55.4 Å². The summed E-state index contributed by atoms with van der Waals surface area (Å²) >= 11 is 3.01. The molecule has 0 spiro atoms. The van der Waals surface area contributed by atoms with Crippen LogP contribution in [-0.4, -0.2) is 18.5 Å². The molecule has 1 aliphatic rings. The van der Waals surface area contributed by atoms with Gasteiger partial charge in [-0.2, -0.15) is 0 Å². The molecule has 1 amide bonds. The van der Waals surface area contributed by atoms with Gasteiger partial charge in [0, 0.05) is 9.77 Å². The number of thiophene rings is 1. The second kappa shape index (κ2) is 9.49. The number of amides is 1. The fourth-order valence-corrected chi connectivity index (χ4v) is 5.95. The third kappa shape index (κ3) is 4.45. The molecule has 4 rings (SSSR count). The van der Waals surface area contributed by atoms with Crippen LogP contribution in [0.5, 0.6) is 0 Å². The summed E-state index contributed by atoms with van der Waals surface area (Å²) in [5.74, 6) is -0.486. The fourth-order valence-electron chi connectivity index (χ4n) is 3.62. The first-order chi connectivity index (χ1) is 14.7. The Labute approximate surface area is 184 Å². The minimum absolute atomic E-state index is 0.138. The van der Waals surface area contributed by atoms with Crippen LogP contribution in [0.1, 0.15) is 45.0 Å². The minimum atomic E-state index is -0.430. The van der Waals surface area contributed by atoms with Crippen molar-refractivity contribution < 1.29 is 14.3 Å². The fraction of sp³-hybridized carbons (Fsp3) is 0.250. The van der Waals surface area contributed by atoms with E-state index in [0.29, 0.717) is 17.2 Å². The van der Waals surface area contributed by atoms with Gasteiger partial charge in [-0.25, -0.2) is 4.79 Å². The van der Waals surface area contributed by atoms with E-state index in [4.69, 9.17) is 4.74 Å². The predicted octanol–water partition coefficient (Wildman–Crippen LogP) is 5.89. The minimum Gasteiger partial charge on any atom is -0.462 e. The zero-order valence-electron chi connectivity index (χ0n) is 16.7. The summed E-state index contributed by atoms with van der Waals surface area (Å²) in [7, 11) is 0. The van der Waals surface area contributed by atoms with Crippen LogP contribution in [0.15, 0.2) is 65.6 Å². The number of carbonyl (C=O) groups is 2. The molecule has 0 saturated heterocycles. The third-order valence-electron chi connectivity index (χ3n) is 4.98. The number of anilines is 1. The molecule has 6 heteroatoms. The molecule has 1 N–H and O–H groups in total. The van der Waals surface area contributed by atoms with E-state index in [-0.39, 0.29) is 11.9 Å². The first-order valence-electron chi connectivity index (χ1n) is 10.1. The Kier molecular flexibility index (Phi) is 6.55. The summed E-state index contributed by atoms with van der Waals surface area (Å²) < 4.78 is 5.29. The maximum Gasteiger partial charge on any atom is 0.341 e. The highest BCUT2D eigenvalue weighted by Gasteiger charge is 2.30. The average Bonchev–Trinajstić information content (AvgIpc) is 3.34. The van der Waals surface area contributed by atoms with Crippen molar-refractivity contribution in [3.63, 3.8) is 0 Å². The van der Waals surface area contributed by atoms with Crippen molar-refractivity contribution in [2.45, 2.75) is 36.3 Å². The molecule has 1 atom stereocenters. The zero-order valence-corrected chi connectivity index (χ0v) is 18.4. The third-order valence-corrected chi connectivity index (χ3v) is 7.45. The van der Waals surface area contributed by atoms with Crippen molar-refractivity contribution in [1.82, 2.24) is 0 Å². The van der Waals surface area contributed by atoms with E-state index < -0.39 is 5.25 Å². The van der Waals surface area contributed by atoms with Crippen molar-refractivity contribution in [2.75, 3.05) is 11.9 Å². The average molecular weight is 438 g/mol. The molecule has 1 aromatic heterocycles. The van der Waals surface area contributed by atoms with Gasteiger partial charge in [0.15, 0.2) is 0 Å². The molecule has 154 valence electrons. The molecule has 0 radical (unpaired) electrons. The molecule has 3 aromatic rings. The first kappa shape index (κ1) is 20.7. The van der Waals surface area contributed by atoms with Gasteiger partial charge in [0.25, 0.3) is 0 Å². The molecule has 0 aliphatic heterocycles. The standard InChI is InChI=1S/C24H23NO3S2/c1-2-28-24(27)20-18-14-9-15-19(18)30-23(20)25-22(26)21(16-10-5-3-6-11-16)29-17-12-7-4-8-13-17/h3-8,10-13,21H,2,9,14-15H2,1H3,(H,25,26)/t21-/m0/s1. The van der Waals surface area contributed by atoms with Gasteiger partial charge in [-0.1, -0.05) is 48.5 Å². The molecule has 30 heavy (non-hydrogen) atoms. The summed E-state index contributed by atoms with van der Waals surface area (Å²) in [4.78, 5) is 28.2. The zero-order chi connectivity index (χ0) is 20.9. The molecular formula is C24H23NO3S2. The lowest BCUT2D eigenvalue weighted by molar-refractivity contribution is -0.115. The molecule has 1 aliphatic carbocycles. The number of carbonyl (C=O) groups excluding carboxylic acids is 2. The Morgan fingerprint density at radius 2 is 1.77 bits per heavy atom. The molecule has 4 nitrogen and oxygen atoms in total. The molecule has 0 saturated carbocycles. The largest absolute Gasteiger partial charge is 0.462 e. The van der Waals surface area contributed by atoms with Crippen molar-refractivity contribution in [1.29, 1.82) is 0 Å². The van der Waals surface area contributed by atoms with Crippen LogP contribution < -0.4 is 5.32 Å². The van der Waals surface area contributed by atoms with Crippen molar-refractivity contribution in [2.24, 2.45) is 0 Å². The van der Waals surface area contributed by atoms with Gasteiger partial charge in [-0.05, 0) is 49.4 Å². The van der Waals surface area contributed by atoms with Crippen LogP contribution >= 0.6 is 23.1 Å². The second-order valence-corrected chi connectivity index (χ2v) is 9.28. The van der Waals surface area contributed by atoms with E-state index in [1.807, 2.05) is 60.7 Å². The number of rotatable bonds is 7. The van der Waals surface area contributed by atoms with E-state index in [9.17, 15) is 9.59 Å². The van der Waals surface area contributed by atoms with Crippen LogP contribution in [-0.2, 0) is 22.4 Å². The molecule has 0 bridgehead atoms. The van der Waals surface area contributed by atoms with Crippen molar-refractivity contribution in [3.05, 3.63) is 82.2 Å². The number of esters is 1. The van der Waals surface area contributed by atoms with E-state index in [0.717, 1.165) is 35.3 Å². The van der Waals surface area contributed by atoms with E-state index in [1.54, 1.807) is 6.92 Å². The lowest BCUT2D eigenvalue weighted by atomic mass is 10.1.